The lowest BCUT2D eigenvalue weighted by atomic mass is 9.98. The zero-order valence-electron chi connectivity index (χ0n) is 18.2. The second kappa shape index (κ2) is 9.53. The molecule has 0 aliphatic carbocycles. The van der Waals surface area contributed by atoms with E-state index in [-0.39, 0.29) is 17.0 Å². The summed E-state index contributed by atoms with van der Waals surface area (Å²) in [5, 5.41) is 16.4. The van der Waals surface area contributed by atoms with Gasteiger partial charge in [-0.1, -0.05) is 6.92 Å². The van der Waals surface area contributed by atoms with E-state index < -0.39 is 16.6 Å². The van der Waals surface area contributed by atoms with E-state index in [9.17, 15) is 19.3 Å². The van der Waals surface area contributed by atoms with Crippen LogP contribution in [0.5, 0.6) is 5.75 Å². The van der Waals surface area contributed by atoms with Crippen molar-refractivity contribution in [1.29, 1.82) is 0 Å². The summed E-state index contributed by atoms with van der Waals surface area (Å²) in [6.45, 7) is 3.68. The van der Waals surface area contributed by atoms with Gasteiger partial charge in [0.05, 0.1) is 17.7 Å². The number of methoxy groups -OCH3 is 1. The molecule has 3 aromatic rings. The lowest BCUT2D eigenvalue weighted by Crippen LogP contribution is -2.33. The number of ether oxygens (including phenoxy) is 1. The number of carbonyl (C=O) groups excluding carboxylic acids is 1. The molecule has 2 aromatic carbocycles. The minimum atomic E-state index is -0.510. The van der Waals surface area contributed by atoms with Gasteiger partial charge in [0.15, 0.2) is 16.7 Å². The van der Waals surface area contributed by atoms with Crippen LogP contribution in [0.2, 0.25) is 0 Å². The number of hydrogen-bond donors (Lipinski definition) is 1. The molecule has 1 fully saturated rings. The van der Waals surface area contributed by atoms with Gasteiger partial charge in [0.1, 0.15) is 5.69 Å². The number of amides is 1. The first-order valence-electron chi connectivity index (χ1n) is 10.5. The van der Waals surface area contributed by atoms with Crippen LogP contribution in [-0.4, -0.2) is 36.0 Å². The van der Waals surface area contributed by atoms with Crippen molar-refractivity contribution >= 4 is 33.8 Å². The summed E-state index contributed by atoms with van der Waals surface area (Å²) in [4.78, 5) is 30.3. The van der Waals surface area contributed by atoms with E-state index in [2.05, 4.69) is 17.2 Å². The Hall–Kier alpha value is -3.53. The molecule has 1 aliphatic heterocycles. The van der Waals surface area contributed by atoms with Gasteiger partial charge in [0.25, 0.3) is 11.6 Å². The Morgan fingerprint density at radius 3 is 2.70 bits per heavy atom. The molecule has 0 saturated carbocycles. The first kappa shape index (κ1) is 22.7. The van der Waals surface area contributed by atoms with Crippen LogP contribution >= 0.6 is 11.3 Å². The normalized spacial score (nSPS) is 14.2. The molecular formula is C23H23FN4O4S. The van der Waals surface area contributed by atoms with Gasteiger partial charge < -0.3 is 9.64 Å². The summed E-state index contributed by atoms with van der Waals surface area (Å²) >= 11 is 1.18. The highest BCUT2D eigenvalue weighted by Crippen LogP contribution is 2.33. The predicted octanol–water partition coefficient (Wildman–Crippen LogP) is 5.35. The third-order valence-corrected chi connectivity index (χ3v) is 6.49. The van der Waals surface area contributed by atoms with Gasteiger partial charge in [-0.2, -0.15) is 0 Å². The van der Waals surface area contributed by atoms with Crippen molar-refractivity contribution in [2.75, 3.05) is 30.4 Å². The van der Waals surface area contributed by atoms with Crippen molar-refractivity contribution in [2.45, 2.75) is 19.8 Å². The number of hydrogen-bond acceptors (Lipinski definition) is 7. The Morgan fingerprint density at radius 1 is 1.27 bits per heavy atom. The summed E-state index contributed by atoms with van der Waals surface area (Å²) in [6, 6.07) is 9.01. The average molecular weight is 471 g/mol. The fourth-order valence-corrected chi connectivity index (χ4v) is 4.50. The molecule has 0 radical (unpaired) electrons. The number of carbonyl (C=O) groups is 1. The van der Waals surface area contributed by atoms with Crippen LogP contribution in [0.1, 0.15) is 30.1 Å². The van der Waals surface area contributed by atoms with Crippen LogP contribution < -0.4 is 15.0 Å². The molecule has 1 aromatic heterocycles. The summed E-state index contributed by atoms with van der Waals surface area (Å²) in [6.07, 6.45) is 1.95. The molecule has 4 rings (SSSR count). The summed E-state index contributed by atoms with van der Waals surface area (Å²) in [7, 11) is 1.39. The van der Waals surface area contributed by atoms with Crippen molar-refractivity contribution in [3.05, 3.63) is 63.3 Å². The van der Waals surface area contributed by atoms with Gasteiger partial charge >= 0.3 is 0 Å². The number of nitrogens with zero attached hydrogens (tertiary/aromatic N) is 3. The topological polar surface area (TPSA) is 97.6 Å². The molecule has 0 atom stereocenters. The molecule has 0 bridgehead atoms. The van der Waals surface area contributed by atoms with Crippen molar-refractivity contribution in [1.82, 2.24) is 4.98 Å². The van der Waals surface area contributed by atoms with Crippen molar-refractivity contribution in [2.24, 2.45) is 5.92 Å². The van der Waals surface area contributed by atoms with E-state index in [0.29, 0.717) is 28.0 Å². The van der Waals surface area contributed by atoms with E-state index in [4.69, 9.17) is 4.74 Å². The monoisotopic (exact) mass is 470 g/mol. The summed E-state index contributed by atoms with van der Waals surface area (Å²) < 4.78 is 18.9. The van der Waals surface area contributed by atoms with Crippen LogP contribution in [0.3, 0.4) is 0 Å². The van der Waals surface area contributed by atoms with Crippen LogP contribution in [-0.2, 0) is 0 Å². The third kappa shape index (κ3) is 4.95. The molecule has 1 N–H and O–H groups in total. The molecule has 8 nitrogen and oxygen atoms in total. The maximum atomic E-state index is 14.0. The molecule has 1 amide bonds. The molecule has 1 saturated heterocycles. The number of benzene rings is 2. The van der Waals surface area contributed by atoms with Crippen LogP contribution in [0.15, 0.2) is 41.8 Å². The Kier molecular flexibility index (Phi) is 6.55. The fourth-order valence-electron chi connectivity index (χ4n) is 3.79. The van der Waals surface area contributed by atoms with E-state index in [1.165, 1.54) is 36.6 Å². The second-order valence-corrected chi connectivity index (χ2v) is 8.83. The average Bonchev–Trinajstić information content (AvgIpc) is 3.27. The highest BCUT2D eigenvalue weighted by molar-refractivity contribution is 7.14. The number of nitrogens with one attached hydrogen (secondary N) is 1. The molecular weight excluding hydrogens is 447 g/mol. The minimum Gasteiger partial charge on any atom is -0.494 e. The van der Waals surface area contributed by atoms with Crippen LogP contribution in [0, 0.1) is 21.8 Å². The quantitative estimate of drug-likeness (QED) is 0.385. The molecule has 33 heavy (non-hydrogen) atoms. The smallest absolute Gasteiger partial charge is 0.293 e. The fraction of sp³-hybridized carbons (Fsp3) is 0.304. The Balaban J connectivity index is 1.51. The predicted molar refractivity (Wildman–Crippen MR) is 126 cm³/mol. The van der Waals surface area contributed by atoms with Gasteiger partial charge in [-0.25, -0.2) is 9.37 Å². The number of anilines is 2. The number of nitro groups is 1. The zero-order chi connectivity index (χ0) is 23.5. The standard InChI is InChI=1S/C23H23FN4O4S/c1-14-7-9-27(10-8-14)19-5-3-16(12-20(19)28(30)31)22(29)26-23-25-18(13-33-23)15-4-6-21(32-2)17(24)11-15/h3-6,11-14H,7-10H2,1-2H3,(H,25,26,29). The number of aromatic nitrogens is 1. The maximum absolute atomic E-state index is 14.0. The minimum absolute atomic E-state index is 0.0919. The van der Waals surface area contributed by atoms with E-state index in [1.54, 1.807) is 23.6 Å². The van der Waals surface area contributed by atoms with Crippen LogP contribution in [0.25, 0.3) is 11.3 Å². The number of rotatable bonds is 6. The highest BCUT2D eigenvalue weighted by Gasteiger charge is 2.25. The number of nitro benzene ring substituents is 1. The number of thiazole rings is 1. The van der Waals surface area contributed by atoms with Gasteiger partial charge in [-0.15, -0.1) is 11.3 Å². The highest BCUT2D eigenvalue weighted by atomic mass is 32.1. The van der Waals surface area contributed by atoms with Crippen LogP contribution in [0.4, 0.5) is 20.9 Å². The lowest BCUT2D eigenvalue weighted by Gasteiger charge is -2.31. The summed E-state index contributed by atoms with van der Waals surface area (Å²) in [5.41, 5.74) is 1.65. The lowest BCUT2D eigenvalue weighted by molar-refractivity contribution is -0.384. The molecule has 1 aliphatic rings. The van der Waals surface area contributed by atoms with Gasteiger partial charge in [-0.3, -0.25) is 20.2 Å². The summed E-state index contributed by atoms with van der Waals surface area (Å²) in [5.74, 6) is -0.280. The Labute approximate surface area is 194 Å². The molecule has 172 valence electrons. The van der Waals surface area contributed by atoms with Crippen molar-refractivity contribution in [3.8, 4) is 17.0 Å². The Bertz CT molecular complexity index is 1190. The van der Waals surface area contributed by atoms with E-state index in [1.807, 2.05) is 4.90 Å². The largest absolute Gasteiger partial charge is 0.494 e. The first-order valence-corrected chi connectivity index (χ1v) is 11.4. The van der Waals surface area contributed by atoms with Gasteiger partial charge in [-0.05, 0) is 49.1 Å². The van der Waals surface area contributed by atoms with Crippen molar-refractivity contribution in [3.63, 3.8) is 0 Å². The first-order chi connectivity index (χ1) is 15.9. The Morgan fingerprint density at radius 2 is 2.03 bits per heavy atom. The van der Waals surface area contributed by atoms with Gasteiger partial charge in [0.2, 0.25) is 0 Å². The molecule has 0 unspecified atom stereocenters. The number of piperidine rings is 1. The van der Waals surface area contributed by atoms with Gasteiger partial charge in [0, 0.05) is 35.7 Å². The SMILES string of the molecule is COc1ccc(-c2csc(NC(=O)c3ccc(N4CCC(C)CC4)c([N+](=O)[O-])c3)n2)cc1F. The van der Waals surface area contributed by atoms with E-state index >= 15 is 0 Å². The van der Waals surface area contributed by atoms with E-state index in [0.717, 1.165) is 25.9 Å². The molecule has 10 heteroatoms. The maximum Gasteiger partial charge on any atom is 0.293 e. The molecule has 2 heterocycles. The molecule has 0 spiro atoms. The zero-order valence-corrected chi connectivity index (χ0v) is 19.0. The number of halogens is 1. The van der Waals surface area contributed by atoms with Crippen molar-refractivity contribution < 1.29 is 18.8 Å². The second-order valence-electron chi connectivity index (χ2n) is 7.97. The third-order valence-electron chi connectivity index (χ3n) is 5.73.